The molecule has 1 saturated carbocycles. The van der Waals surface area contributed by atoms with E-state index in [4.69, 9.17) is 4.74 Å². The summed E-state index contributed by atoms with van der Waals surface area (Å²) < 4.78 is 28.0. The minimum absolute atomic E-state index is 0.172. The lowest BCUT2D eigenvalue weighted by molar-refractivity contribution is -0.168. The maximum Gasteiger partial charge on any atom is 0.338 e. The lowest BCUT2D eigenvalue weighted by Gasteiger charge is -2.31. The van der Waals surface area contributed by atoms with E-state index >= 15 is 0 Å². The Morgan fingerprint density at radius 1 is 1.47 bits per heavy atom. The van der Waals surface area contributed by atoms with E-state index in [9.17, 15) is 18.3 Å². The molecule has 0 radical (unpaired) electrons. The van der Waals surface area contributed by atoms with Crippen LogP contribution in [0, 0.1) is 5.92 Å². The van der Waals surface area contributed by atoms with Gasteiger partial charge in [0.05, 0.1) is 11.9 Å². The van der Waals surface area contributed by atoms with Gasteiger partial charge in [0, 0.05) is 12.2 Å². The molecule has 0 aromatic carbocycles. The lowest BCUT2D eigenvalue weighted by Crippen LogP contribution is -2.48. The fraction of sp³-hybridized carbons (Fsp3) is 0.909. The molecule has 1 N–H and O–H groups in total. The summed E-state index contributed by atoms with van der Waals surface area (Å²) in [6, 6.07) is 0. The smallest absolute Gasteiger partial charge is 0.338 e. The van der Waals surface area contributed by atoms with Gasteiger partial charge in [0.1, 0.15) is 0 Å². The summed E-state index contributed by atoms with van der Waals surface area (Å²) in [5.74, 6) is -1.31. The second-order valence-corrected chi connectivity index (χ2v) is 7.04. The van der Waals surface area contributed by atoms with Crippen LogP contribution in [-0.4, -0.2) is 43.2 Å². The summed E-state index contributed by atoms with van der Waals surface area (Å²) in [6.07, 6.45) is 2.89. The third-order valence-electron chi connectivity index (χ3n) is 3.41. The first-order valence-electron chi connectivity index (χ1n) is 5.79. The fourth-order valence-corrected chi connectivity index (χ4v) is 4.10. The number of sulfone groups is 1. The standard InChI is InChI=1S/C11H20O5S/c1-4-16-10(12)11(2,13)8-6-5-7-9(8)17(3,14)15/h8-9,13H,4-7H2,1-3H3. The SMILES string of the molecule is CCOC(=O)C(C)(O)C1CCCC1S(C)(=O)=O. The maximum atomic E-state index is 11.7. The molecule has 100 valence electrons. The molecule has 1 rings (SSSR count). The highest BCUT2D eigenvalue weighted by Gasteiger charge is 2.50. The molecule has 0 saturated heterocycles. The van der Waals surface area contributed by atoms with Crippen molar-refractivity contribution in [2.75, 3.05) is 12.9 Å². The molecule has 3 atom stereocenters. The Labute approximate surface area is 102 Å². The zero-order valence-corrected chi connectivity index (χ0v) is 11.3. The topological polar surface area (TPSA) is 80.7 Å². The first-order valence-corrected chi connectivity index (χ1v) is 7.75. The van der Waals surface area contributed by atoms with Gasteiger partial charge in [-0.15, -0.1) is 0 Å². The number of carbonyl (C=O) groups excluding carboxylic acids is 1. The Kier molecular flexibility index (Phi) is 4.19. The number of ether oxygens (including phenoxy) is 1. The summed E-state index contributed by atoms with van der Waals surface area (Å²) in [7, 11) is -3.25. The molecule has 0 heterocycles. The second-order valence-electron chi connectivity index (χ2n) is 4.77. The molecule has 0 spiro atoms. The summed E-state index contributed by atoms with van der Waals surface area (Å²) in [6.45, 7) is 3.17. The normalized spacial score (nSPS) is 28.7. The monoisotopic (exact) mass is 264 g/mol. The Bertz CT molecular complexity index is 385. The van der Waals surface area contributed by atoms with Crippen LogP contribution in [0.15, 0.2) is 0 Å². The van der Waals surface area contributed by atoms with Gasteiger partial charge in [-0.2, -0.15) is 0 Å². The fourth-order valence-electron chi connectivity index (χ4n) is 2.51. The lowest BCUT2D eigenvalue weighted by atomic mass is 9.87. The largest absolute Gasteiger partial charge is 0.464 e. The molecular weight excluding hydrogens is 244 g/mol. The molecule has 0 aromatic heterocycles. The first kappa shape index (κ1) is 14.4. The molecule has 6 heteroatoms. The molecule has 0 aromatic rings. The molecule has 0 amide bonds. The van der Waals surface area contributed by atoms with Crippen molar-refractivity contribution in [3.8, 4) is 0 Å². The summed E-state index contributed by atoms with van der Waals surface area (Å²) in [5, 5.41) is 9.56. The number of carbonyl (C=O) groups is 1. The van der Waals surface area contributed by atoms with Crippen molar-refractivity contribution in [3.63, 3.8) is 0 Å². The maximum absolute atomic E-state index is 11.7. The Hall–Kier alpha value is -0.620. The predicted molar refractivity (Wildman–Crippen MR) is 63.2 cm³/mol. The minimum atomic E-state index is -3.25. The van der Waals surface area contributed by atoms with Gasteiger partial charge < -0.3 is 9.84 Å². The third-order valence-corrected chi connectivity index (χ3v) is 5.08. The predicted octanol–water partition coefficient (Wildman–Crippen LogP) is 0.514. The van der Waals surface area contributed by atoms with Crippen molar-refractivity contribution in [1.29, 1.82) is 0 Å². The van der Waals surface area contributed by atoms with Crippen LogP contribution in [-0.2, 0) is 19.4 Å². The summed E-state index contributed by atoms with van der Waals surface area (Å²) >= 11 is 0. The molecule has 0 bridgehead atoms. The Morgan fingerprint density at radius 2 is 2.06 bits per heavy atom. The second kappa shape index (κ2) is 4.94. The Morgan fingerprint density at radius 3 is 2.53 bits per heavy atom. The minimum Gasteiger partial charge on any atom is -0.464 e. The van der Waals surface area contributed by atoms with Crippen molar-refractivity contribution in [2.45, 2.75) is 44.0 Å². The van der Waals surface area contributed by atoms with E-state index in [0.29, 0.717) is 19.3 Å². The summed E-state index contributed by atoms with van der Waals surface area (Å²) in [4.78, 5) is 11.7. The quantitative estimate of drug-likeness (QED) is 0.748. The summed E-state index contributed by atoms with van der Waals surface area (Å²) in [5.41, 5.74) is -1.72. The van der Waals surface area contributed by atoms with E-state index in [-0.39, 0.29) is 6.61 Å². The zero-order chi connectivity index (χ0) is 13.3. The molecule has 1 aliphatic rings. The molecule has 17 heavy (non-hydrogen) atoms. The highest BCUT2D eigenvalue weighted by atomic mass is 32.2. The van der Waals surface area contributed by atoms with Crippen LogP contribution in [0.5, 0.6) is 0 Å². The molecule has 1 fully saturated rings. The van der Waals surface area contributed by atoms with E-state index in [1.165, 1.54) is 6.92 Å². The van der Waals surface area contributed by atoms with Gasteiger partial charge >= 0.3 is 5.97 Å². The average Bonchev–Trinajstić information content (AvgIpc) is 2.65. The number of rotatable bonds is 4. The molecule has 5 nitrogen and oxygen atoms in total. The number of esters is 1. The van der Waals surface area contributed by atoms with Gasteiger partial charge in [-0.3, -0.25) is 0 Å². The van der Waals surface area contributed by atoms with Crippen molar-refractivity contribution in [2.24, 2.45) is 5.92 Å². The van der Waals surface area contributed by atoms with Gasteiger partial charge in [-0.25, -0.2) is 13.2 Å². The van der Waals surface area contributed by atoms with Crippen molar-refractivity contribution >= 4 is 15.8 Å². The van der Waals surface area contributed by atoms with E-state index in [0.717, 1.165) is 6.26 Å². The van der Waals surface area contributed by atoms with Gasteiger partial charge in [-0.1, -0.05) is 6.42 Å². The van der Waals surface area contributed by atoms with Gasteiger partial charge in [0.15, 0.2) is 15.4 Å². The van der Waals surface area contributed by atoms with Crippen LogP contribution in [0.4, 0.5) is 0 Å². The van der Waals surface area contributed by atoms with Gasteiger partial charge in [0.2, 0.25) is 0 Å². The highest BCUT2D eigenvalue weighted by molar-refractivity contribution is 7.91. The number of hydrogen-bond donors (Lipinski definition) is 1. The number of aliphatic hydroxyl groups is 1. The average molecular weight is 264 g/mol. The van der Waals surface area contributed by atoms with Gasteiger partial charge in [-0.05, 0) is 26.7 Å². The van der Waals surface area contributed by atoms with E-state index in [1.54, 1.807) is 6.92 Å². The van der Waals surface area contributed by atoms with Crippen molar-refractivity contribution < 1.29 is 23.1 Å². The van der Waals surface area contributed by atoms with Crippen LogP contribution in [0.2, 0.25) is 0 Å². The molecule has 1 aliphatic carbocycles. The van der Waals surface area contributed by atoms with E-state index < -0.39 is 32.6 Å². The molecular formula is C11H20O5S. The van der Waals surface area contributed by atoms with Crippen LogP contribution >= 0.6 is 0 Å². The van der Waals surface area contributed by atoms with E-state index in [2.05, 4.69) is 0 Å². The highest BCUT2D eigenvalue weighted by Crippen LogP contribution is 2.38. The third kappa shape index (κ3) is 2.98. The van der Waals surface area contributed by atoms with Crippen LogP contribution in [0.25, 0.3) is 0 Å². The van der Waals surface area contributed by atoms with Crippen molar-refractivity contribution in [1.82, 2.24) is 0 Å². The van der Waals surface area contributed by atoms with Crippen LogP contribution in [0.3, 0.4) is 0 Å². The Balaban J connectivity index is 2.94. The van der Waals surface area contributed by atoms with Crippen LogP contribution < -0.4 is 0 Å². The zero-order valence-electron chi connectivity index (χ0n) is 10.5. The molecule has 0 aliphatic heterocycles. The van der Waals surface area contributed by atoms with Crippen molar-refractivity contribution in [3.05, 3.63) is 0 Å². The van der Waals surface area contributed by atoms with Gasteiger partial charge in [0.25, 0.3) is 0 Å². The van der Waals surface area contributed by atoms with Crippen LogP contribution in [0.1, 0.15) is 33.1 Å². The number of hydrogen-bond acceptors (Lipinski definition) is 5. The molecule has 3 unspecified atom stereocenters. The first-order chi connectivity index (χ1) is 7.71. The van der Waals surface area contributed by atoms with E-state index in [1.807, 2.05) is 0 Å².